The molecule has 0 unspecified atom stereocenters. The van der Waals surface area contributed by atoms with Crippen molar-refractivity contribution < 1.29 is 9.90 Å². The van der Waals surface area contributed by atoms with Gasteiger partial charge in [-0.05, 0) is 23.8 Å². The van der Waals surface area contributed by atoms with Crippen LogP contribution in [0.1, 0.15) is 21.5 Å². The van der Waals surface area contributed by atoms with Crippen molar-refractivity contribution in [2.24, 2.45) is 4.99 Å². The van der Waals surface area contributed by atoms with Gasteiger partial charge in [0.1, 0.15) is 0 Å². The van der Waals surface area contributed by atoms with E-state index in [1.54, 1.807) is 36.4 Å². The maximum Gasteiger partial charge on any atom is 0.336 e. The minimum absolute atomic E-state index is 0.220. The molecule has 4 heteroatoms. The van der Waals surface area contributed by atoms with Crippen LogP contribution in [0.25, 0.3) is 0 Å². The first-order valence-electron chi connectivity index (χ1n) is 6.03. The molecule has 0 aliphatic carbocycles. The monoisotopic (exact) mass is 264 g/mol. The molecule has 0 aromatic heterocycles. The Kier molecular flexibility index (Phi) is 4.25. The quantitative estimate of drug-likeness (QED) is 0.862. The van der Waals surface area contributed by atoms with E-state index in [9.17, 15) is 4.79 Å². The van der Waals surface area contributed by atoms with Gasteiger partial charge in [-0.3, -0.25) is 4.99 Å². The van der Waals surface area contributed by atoms with Crippen LogP contribution in [0.4, 0.5) is 5.69 Å². The van der Waals surface area contributed by atoms with E-state index in [0.29, 0.717) is 17.7 Å². The molecule has 0 saturated carbocycles. The fourth-order valence-corrected chi connectivity index (χ4v) is 1.74. The fraction of sp³-hybridized carbons (Fsp3) is 0.0625. The zero-order valence-electron chi connectivity index (χ0n) is 10.7. The van der Waals surface area contributed by atoms with Crippen LogP contribution >= 0.6 is 0 Å². The lowest BCUT2D eigenvalue weighted by molar-refractivity contribution is 0.0697. The molecule has 2 aromatic carbocycles. The van der Waals surface area contributed by atoms with Crippen LogP contribution in [0, 0.1) is 11.3 Å². The number of hydrogen-bond donors (Lipinski definition) is 1. The van der Waals surface area contributed by atoms with E-state index < -0.39 is 5.97 Å². The number of rotatable bonds is 4. The predicted molar refractivity (Wildman–Crippen MR) is 76.4 cm³/mol. The standard InChI is InChI=1S/C16H12N2O2/c17-10-9-12-5-7-14(8-6-12)18-11-13-3-1-2-4-15(13)16(19)20/h1-8,11H,9H2,(H,19,20)/b18-11+. The largest absolute Gasteiger partial charge is 0.478 e. The Bertz CT molecular complexity index is 682. The summed E-state index contributed by atoms with van der Waals surface area (Å²) in [7, 11) is 0. The van der Waals surface area contributed by atoms with E-state index in [4.69, 9.17) is 10.4 Å². The van der Waals surface area contributed by atoms with Crippen LogP contribution in [0.3, 0.4) is 0 Å². The average molecular weight is 264 g/mol. The van der Waals surface area contributed by atoms with Crippen molar-refractivity contribution in [2.75, 3.05) is 0 Å². The van der Waals surface area contributed by atoms with Gasteiger partial charge < -0.3 is 5.11 Å². The van der Waals surface area contributed by atoms with Gasteiger partial charge in [0.15, 0.2) is 0 Å². The minimum Gasteiger partial charge on any atom is -0.478 e. The Labute approximate surface area is 116 Å². The number of nitrogens with zero attached hydrogens (tertiary/aromatic N) is 2. The van der Waals surface area contributed by atoms with Gasteiger partial charge in [-0.25, -0.2) is 4.79 Å². The molecular weight excluding hydrogens is 252 g/mol. The van der Waals surface area contributed by atoms with Crippen molar-refractivity contribution in [3.63, 3.8) is 0 Å². The van der Waals surface area contributed by atoms with Crippen molar-refractivity contribution in [2.45, 2.75) is 6.42 Å². The van der Waals surface area contributed by atoms with Crippen LogP contribution in [0.5, 0.6) is 0 Å². The molecule has 0 radical (unpaired) electrons. The molecule has 0 fully saturated rings. The highest BCUT2D eigenvalue weighted by Gasteiger charge is 2.06. The number of carboxylic acid groups (broad SMARTS) is 1. The van der Waals surface area contributed by atoms with E-state index >= 15 is 0 Å². The van der Waals surface area contributed by atoms with Gasteiger partial charge in [-0.15, -0.1) is 0 Å². The van der Waals surface area contributed by atoms with Crippen molar-refractivity contribution in [3.8, 4) is 6.07 Å². The molecule has 0 aliphatic rings. The lowest BCUT2D eigenvalue weighted by atomic mass is 10.1. The molecule has 4 nitrogen and oxygen atoms in total. The molecule has 0 aliphatic heterocycles. The zero-order valence-corrected chi connectivity index (χ0v) is 10.7. The summed E-state index contributed by atoms with van der Waals surface area (Å²) in [5.74, 6) is -0.976. The fourth-order valence-electron chi connectivity index (χ4n) is 1.74. The summed E-state index contributed by atoms with van der Waals surface area (Å²) in [6.07, 6.45) is 1.90. The second-order valence-corrected chi connectivity index (χ2v) is 4.15. The molecule has 0 spiro atoms. The van der Waals surface area contributed by atoms with E-state index in [0.717, 1.165) is 5.56 Å². The van der Waals surface area contributed by atoms with Gasteiger partial charge in [0, 0.05) is 11.8 Å². The number of carboxylic acids is 1. The normalized spacial score (nSPS) is 10.3. The lowest BCUT2D eigenvalue weighted by Crippen LogP contribution is -2.00. The summed E-state index contributed by atoms with van der Waals surface area (Å²) >= 11 is 0. The lowest BCUT2D eigenvalue weighted by Gasteiger charge is -2.00. The van der Waals surface area contributed by atoms with Gasteiger partial charge in [0.05, 0.1) is 23.7 Å². The van der Waals surface area contributed by atoms with E-state index in [2.05, 4.69) is 11.1 Å². The van der Waals surface area contributed by atoms with Crippen molar-refractivity contribution in [1.29, 1.82) is 5.26 Å². The Morgan fingerprint density at radius 3 is 2.55 bits per heavy atom. The summed E-state index contributed by atoms with van der Waals surface area (Å²) < 4.78 is 0. The summed E-state index contributed by atoms with van der Waals surface area (Å²) in [6, 6.07) is 16.0. The first-order chi connectivity index (χ1) is 9.70. The minimum atomic E-state index is -0.976. The Morgan fingerprint density at radius 1 is 1.20 bits per heavy atom. The van der Waals surface area contributed by atoms with Crippen LogP contribution in [-0.4, -0.2) is 17.3 Å². The number of carbonyl (C=O) groups is 1. The maximum atomic E-state index is 11.1. The van der Waals surface area contributed by atoms with Crippen molar-refractivity contribution >= 4 is 17.9 Å². The summed E-state index contributed by atoms with van der Waals surface area (Å²) in [4.78, 5) is 15.3. The average Bonchev–Trinajstić information content (AvgIpc) is 2.47. The first kappa shape index (κ1) is 13.5. The smallest absolute Gasteiger partial charge is 0.336 e. The molecule has 0 bridgehead atoms. The zero-order chi connectivity index (χ0) is 14.4. The van der Waals surface area contributed by atoms with Crippen molar-refractivity contribution in [3.05, 3.63) is 65.2 Å². The second kappa shape index (κ2) is 6.30. The van der Waals surface area contributed by atoms with Gasteiger partial charge >= 0.3 is 5.97 Å². The predicted octanol–water partition coefficient (Wildman–Crippen LogP) is 3.20. The number of benzene rings is 2. The van der Waals surface area contributed by atoms with Crippen LogP contribution in [0.2, 0.25) is 0 Å². The first-order valence-corrected chi connectivity index (χ1v) is 6.03. The summed E-state index contributed by atoms with van der Waals surface area (Å²) in [6.45, 7) is 0. The molecule has 20 heavy (non-hydrogen) atoms. The molecule has 0 amide bonds. The van der Waals surface area contributed by atoms with E-state index in [1.807, 2.05) is 12.1 Å². The van der Waals surface area contributed by atoms with Crippen LogP contribution < -0.4 is 0 Å². The highest BCUT2D eigenvalue weighted by Crippen LogP contribution is 2.14. The van der Waals surface area contributed by atoms with Crippen LogP contribution in [0.15, 0.2) is 53.5 Å². The third-order valence-corrected chi connectivity index (χ3v) is 2.76. The highest BCUT2D eigenvalue weighted by atomic mass is 16.4. The Balaban J connectivity index is 2.21. The number of nitriles is 1. The topological polar surface area (TPSA) is 73.5 Å². The Hall–Kier alpha value is -2.93. The highest BCUT2D eigenvalue weighted by molar-refractivity contribution is 5.98. The molecule has 1 N–H and O–H groups in total. The molecule has 2 aromatic rings. The van der Waals surface area contributed by atoms with E-state index in [1.165, 1.54) is 6.21 Å². The van der Waals surface area contributed by atoms with Gasteiger partial charge in [0.25, 0.3) is 0 Å². The summed E-state index contributed by atoms with van der Waals surface area (Å²) in [5, 5.41) is 17.7. The van der Waals surface area contributed by atoms with Gasteiger partial charge in [0.2, 0.25) is 0 Å². The third-order valence-electron chi connectivity index (χ3n) is 2.76. The van der Waals surface area contributed by atoms with Crippen LogP contribution in [-0.2, 0) is 6.42 Å². The Morgan fingerprint density at radius 2 is 1.90 bits per heavy atom. The molecule has 98 valence electrons. The SMILES string of the molecule is N#CCc1ccc(/N=C/c2ccccc2C(=O)O)cc1. The molecule has 0 atom stereocenters. The molecule has 0 heterocycles. The third kappa shape index (κ3) is 3.30. The summed E-state index contributed by atoms with van der Waals surface area (Å²) in [5.41, 5.74) is 2.42. The number of aliphatic imine (C=N–C) groups is 1. The van der Waals surface area contributed by atoms with Crippen molar-refractivity contribution in [1.82, 2.24) is 0 Å². The van der Waals surface area contributed by atoms with Gasteiger partial charge in [-0.1, -0.05) is 30.3 Å². The van der Waals surface area contributed by atoms with E-state index in [-0.39, 0.29) is 5.56 Å². The number of hydrogen-bond acceptors (Lipinski definition) is 3. The second-order valence-electron chi connectivity index (χ2n) is 4.15. The molecule has 2 rings (SSSR count). The van der Waals surface area contributed by atoms with Gasteiger partial charge in [-0.2, -0.15) is 5.26 Å². The number of aromatic carboxylic acids is 1. The molecular formula is C16H12N2O2. The molecule has 0 saturated heterocycles. The maximum absolute atomic E-state index is 11.1.